The molecule has 1 aliphatic carbocycles. The molecule has 0 aromatic rings. The van der Waals surface area contributed by atoms with Crippen LogP contribution in [0, 0.1) is 5.92 Å². The number of Topliss-reactive ketones (excluding diaryl/α,β-unsaturated/α-hetero) is 1. The lowest BCUT2D eigenvalue weighted by Crippen LogP contribution is -2.43. The van der Waals surface area contributed by atoms with Crippen LogP contribution < -0.4 is 5.32 Å². The minimum absolute atomic E-state index is 0.102. The van der Waals surface area contributed by atoms with Gasteiger partial charge in [-0.25, -0.2) is 4.79 Å². The lowest BCUT2D eigenvalue weighted by molar-refractivity contribution is -0.122. The Hall–Kier alpha value is -1.10. The first-order chi connectivity index (χ1) is 7.66. The van der Waals surface area contributed by atoms with E-state index in [9.17, 15) is 9.59 Å². The Morgan fingerprint density at radius 2 is 2.00 bits per heavy atom. The fourth-order valence-corrected chi connectivity index (χ4v) is 2.41. The van der Waals surface area contributed by atoms with Crippen molar-refractivity contribution in [2.24, 2.45) is 5.92 Å². The normalized spacial score (nSPS) is 26.4. The molecule has 1 amide bonds. The van der Waals surface area contributed by atoms with Gasteiger partial charge in [-0.1, -0.05) is 25.7 Å². The van der Waals surface area contributed by atoms with E-state index in [-0.39, 0.29) is 11.9 Å². The Morgan fingerprint density at radius 3 is 2.50 bits per heavy atom. The average Bonchev–Trinajstić information content (AvgIpc) is 2.95. The van der Waals surface area contributed by atoms with Crippen molar-refractivity contribution in [2.45, 2.75) is 44.2 Å². The summed E-state index contributed by atoms with van der Waals surface area (Å²) in [6.45, 7) is 0.446. The molecule has 2 unspecified atom stereocenters. The summed E-state index contributed by atoms with van der Waals surface area (Å²) in [5.74, 6) is 0.383. The van der Waals surface area contributed by atoms with E-state index in [1.165, 1.54) is 12.8 Å². The molecule has 90 valence electrons. The summed E-state index contributed by atoms with van der Waals surface area (Å²) in [5.41, 5.74) is 0. The lowest BCUT2D eigenvalue weighted by Gasteiger charge is -2.18. The van der Waals surface area contributed by atoms with Crippen molar-refractivity contribution in [1.29, 1.82) is 0 Å². The molecule has 1 saturated heterocycles. The monoisotopic (exact) mass is 227 g/mol. The second kappa shape index (κ2) is 4.82. The van der Waals surface area contributed by atoms with E-state index in [4.69, 9.17) is 9.84 Å². The van der Waals surface area contributed by atoms with Gasteiger partial charge in [-0.05, 0) is 12.3 Å². The van der Waals surface area contributed by atoms with Crippen LogP contribution in [0.1, 0.15) is 32.1 Å². The zero-order chi connectivity index (χ0) is 11.5. The average molecular weight is 227 g/mol. The van der Waals surface area contributed by atoms with E-state index in [0.717, 1.165) is 12.8 Å². The molecule has 0 spiro atoms. The fourth-order valence-electron chi connectivity index (χ4n) is 2.41. The molecule has 16 heavy (non-hydrogen) atoms. The van der Waals surface area contributed by atoms with Gasteiger partial charge in [-0.15, -0.1) is 0 Å². The smallest absolute Gasteiger partial charge is 0.405 e. The molecular weight excluding hydrogens is 210 g/mol. The van der Waals surface area contributed by atoms with Gasteiger partial charge in [-0.2, -0.15) is 0 Å². The highest BCUT2D eigenvalue weighted by atomic mass is 16.6. The summed E-state index contributed by atoms with van der Waals surface area (Å²) in [6, 6.07) is -0.576. The van der Waals surface area contributed by atoms with Crippen molar-refractivity contribution < 1.29 is 19.4 Å². The van der Waals surface area contributed by atoms with Crippen molar-refractivity contribution in [3.63, 3.8) is 0 Å². The maximum absolute atomic E-state index is 11.8. The first-order valence-electron chi connectivity index (χ1n) is 5.81. The van der Waals surface area contributed by atoms with Gasteiger partial charge in [0.05, 0.1) is 12.6 Å². The molecule has 2 N–H and O–H groups in total. The van der Waals surface area contributed by atoms with Crippen molar-refractivity contribution in [2.75, 3.05) is 6.61 Å². The van der Waals surface area contributed by atoms with Crippen molar-refractivity contribution in [1.82, 2.24) is 5.32 Å². The number of carbonyl (C=O) groups is 2. The van der Waals surface area contributed by atoms with Crippen LogP contribution in [0.15, 0.2) is 0 Å². The first kappa shape index (κ1) is 11.4. The Balaban J connectivity index is 1.89. The minimum Gasteiger partial charge on any atom is -0.465 e. The zero-order valence-corrected chi connectivity index (χ0v) is 9.15. The van der Waals surface area contributed by atoms with E-state index in [1.54, 1.807) is 0 Å². The molecule has 2 aliphatic rings. The summed E-state index contributed by atoms with van der Waals surface area (Å²) in [6.07, 6.45) is 3.74. The van der Waals surface area contributed by atoms with Crippen LogP contribution in [0.2, 0.25) is 0 Å². The number of rotatable bonds is 5. The van der Waals surface area contributed by atoms with E-state index in [0.29, 0.717) is 18.9 Å². The Morgan fingerprint density at radius 1 is 1.38 bits per heavy atom. The second-order valence-electron chi connectivity index (χ2n) is 4.61. The van der Waals surface area contributed by atoms with Crippen LogP contribution in [0.5, 0.6) is 0 Å². The SMILES string of the molecule is O=C(O)NC(CC1CCCC1)C(=O)C1CO1. The molecule has 5 heteroatoms. The molecule has 0 radical (unpaired) electrons. The number of amides is 1. The quantitative estimate of drug-likeness (QED) is 0.691. The number of hydrogen-bond donors (Lipinski definition) is 2. The molecule has 1 saturated carbocycles. The standard InChI is InChI=1S/C11H17NO4/c13-10(9-6-16-9)8(12-11(14)15)5-7-3-1-2-4-7/h7-9,12H,1-6H2,(H,14,15). The number of carbonyl (C=O) groups excluding carboxylic acids is 1. The molecule has 0 aromatic carbocycles. The summed E-state index contributed by atoms with van der Waals surface area (Å²) in [4.78, 5) is 22.4. The minimum atomic E-state index is -1.13. The number of epoxide rings is 1. The molecule has 2 rings (SSSR count). The Kier molecular flexibility index (Phi) is 3.43. The van der Waals surface area contributed by atoms with Gasteiger partial charge in [0.15, 0.2) is 5.78 Å². The van der Waals surface area contributed by atoms with E-state index >= 15 is 0 Å². The van der Waals surface area contributed by atoms with Crippen LogP contribution >= 0.6 is 0 Å². The van der Waals surface area contributed by atoms with Crippen molar-refractivity contribution in [3.05, 3.63) is 0 Å². The number of ether oxygens (including phenoxy) is 1. The van der Waals surface area contributed by atoms with Gasteiger partial charge < -0.3 is 15.2 Å². The predicted octanol–water partition coefficient (Wildman–Crippen LogP) is 1.17. The van der Waals surface area contributed by atoms with Crippen LogP contribution in [-0.2, 0) is 9.53 Å². The van der Waals surface area contributed by atoms with Crippen molar-refractivity contribution >= 4 is 11.9 Å². The molecule has 0 bridgehead atoms. The van der Waals surface area contributed by atoms with Gasteiger partial charge in [0.25, 0.3) is 0 Å². The topological polar surface area (TPSA) is 78.9 Å². The van der Waals surface area contributed by atoms with Gasteiger partial charge in [0.1, 0.15) is 6.10 Å². The molecule has 2 atom stereocenters. The predicted molar refractivity (Wildman–Crippen MR) is 56.3 cm³/mol. The third-order valence-corrected chi connectivity index (χ3v) is 3.34. The number of nitrogens with one attached hydrogen (secondary N) is 1. The third kappa shape index (κ3) is 2.95. The Labute approximate surface area is 94.2 Å². The molecule has 2 fully saturated rings. The molecule has 1 aliphatic heterocycles. The van der Waals surface area contributed by atoms with Crippen LogP contribution in [0.3, 0.4) is 0 Å². The summed E-state index contributed by atoms with van der Waals surface area (Å²) in [5, 5.41) is 11.0. The highest BCUT2D eigenvalue weighted by Crippen LogP contribution is 2.29. The summed E-state index contributed by atoms with van der Waals surface area (Å²) in [7, 11) is 0. The molecule has 5 nitrogen and oxygen atoms in total. The molecular formula is C11H17NO4. The van der Waals surface area contributed by atoms with E-state index in [1.807, 2.05) is 0 Å². The summed E-state index contributed by atoms with van der Waals surface area (Å²) >= 11 is 0. The van der Waals surface area contributed by atoms with Gasteiger partial charge >= 0.3 is 6.09 Å². The molecule has 1 heterocycles. The van der Waals surface area contributed by atoms with Crippen molar-refractivity contribution in [3.8, 4) is 0 Å². The van der Waals surface area contributed by atoms with Gasteiger partial charge in [0, 0.05) is 0 Å². The zero-order valence-electron chi connectivity index (χ0n) is 9.15. The van der Waals surface area contributed by atoms with E-state index < -0.39 is 12.1 Å². The highest BCUT2D eigenvalue weighted by molar-refractivity contribution is 5.92. The number of hydrogen-bond acceptors (Lipinski definition) is 3. The fraction of sp³-hybridized carbons (Fsp3) is 0.818. The number of ketones is 1. The first-order valence-corrected chi connectivity index (χ1v) is 5.81. The largest absolute Gasteiger partial charge is 0.465 e. The number of carboxylic acid groups (broad SMARTS) is 1. The highest BCUT2D eigenvalue weighted by Gasteiger charge is 2.38. The third-order valence-electron chi connectivity index (χ3n) is 3.34. The van der Waals surface area contributed by atoms with Crippen LogP contribution in [-0.4, -0.2) is 35.7 Å². The van der Waals surface area contributed by atoms with Crippen LogP contribution in [0.4, 0.5) is 4.79 Å². The maximum Gasteiger partial charge on any atom is 0.405 e. The van der Waals surface area contributed by atoms with Gasteiger partial charge in [-0.3, -0.25) is 4.79 Å². The lowest BCUT2D eigenvalue weighted by atomic mass is 9.95. The second-order valence-corrected chi connectivity index (χ2v) is 4.61. The summed E-state index contributed by atoms with van der Waals surface area (Å²) < 4.78 is 4.91. The van der Waals surface area contributed by atoms with Gasteiger partial charge in [0.2, 0.25) is 0 Å². The Bertz CT molecular complexity index is 282. The van der Waals surface area contributed by atoms with Crippen LogP contribution in [0.25, 0.3) is 0 Å². The maximum atomic E-state index is 11.8. The van der Waals surface area contributed by atoms with E-state index in [2.05, 4.69) is 5.32 Å². The molecule has 0 aromatic heterocycles.